The number of rotatable bonds is 1. The van der Waals surface area contributed by atoms with E-state index in [-0.39, 0.29) is 0 Å². The molecule has 1 aliphatic rings. The van der Waals surface area contributed by atoms with Gasteiger partial charge in [-0.2, -0.15) is 0 Å². The van der Waals surface area contributed by atoms with E-state index in [2.05, 4.69) is 19.3 Å². The Balaban J connectivity index is 2.30. The highest BCUT2D eigenvalue weighted by Crippen LogP contribution is 2.22. The van der Waals surface area contributed by atoms with E-state index in [1.165, 1.54) is 25.7 Å². The first-order valence-electron chi connectivity index (χ1n) is 4.02. The summed E-state index contributed by atoms with van der Waals surface area (Å²) in [5.41, 5.74) is 0. The van der Waals surface area contributed by atoms with Gasteiger partial charge in [0.05, 0.1) is 0 Å². The molecule has 0 aromatic heterocycles. The van der Waals surface area contributed by atoms with Gasteiger partial charge in [0.2, 0.25) is 0 Å². The second-order valence-electron chi connectivity index (χ2n) is 3.16. The van der Waals surface area contributed by atoms with Gasteiger partial charge in [-0.3, -0.25) is 0 Å². The van der Waals surface area contributed by atoms with Gasteiger partial charge in [-0.15, -0.1) is 0 Å². The molecule has 0 radical (unpaired) electrons. The monoisotopic (exact) mass is 127 g/mol. The SMILES string of the molecule is CN[C@H]1CCCC[C@@H]1C. The molecule has 0 aromatic rings. The summed E-state index contributed by atoms with van der Waals surface area (Å²) in [6, 6.07) is 0.804. The molecule has 0 heterocycles. The van der Waals surface area contributed by atoms with Crippen LogP contribution in [-0.4, -0.2) is 13.1 Å². The van der Waals surface area contributed by atoms with Gasteiger partial charge in [0.25, 0.3) is 0 Å². The van der Waals surface area contributed by atoms with Gasteiger partial charge in [-0.25, -0.2) is 0 Å². The summed E-state index contributed by atoms with van der Waals surface area (Å²) in [4.78, 5) is 0. The zero-order valence-electron chi connectivity index (χ0n) is 6.48. The van der Waals surface area contributed by atoms with Crippen molar-refractivity contribution in [2.75, 3.05) is 7.05 Å². The van der Waals surface area contributed by atoms with Gasteiger partial charge in [-0.05, 0) is 25.8 Å². The summed E-state index contributed by atoms with van der Waals surface area (Å²) in [7, 11) is 2.08. The highest BCUT2D eigenvalue weighted by molar-refractivity contribution is 4.75. The third-order valence-corrected chi connectivity index (χ3v) is 2.48. The minimum Gasteiger partial charge on any atom is -0.317 e. The average Bonchev–Trinajstić information content (AvgIpc) is 1.89. The lowest BCUT2D eigenvalue weighted by atomic mass is 9.86. The molecule has 0 unspecified atom stereocenters. The molecule has 1 heteroatoms. The minimum absolute atomic E-state index is 0.804. The van der Waals surface area contributed by atoms with Gasteiger partial charge in [0.1, 0.15) is 0 Å². The molecule has 1 N–H and O–H groups in total. The molecule has 9 heavy (non-hydrogen) atoms. The predicted molar refractivity (Wildman–Crippen MR) is 40.5 cm³/mol. The van der Waals surface area contributed by atoms with E-state index in [0.717, 1.165) is 12.0 Å². The first-order chi connectivity index (χ1) is 4.34. The quantitative estimate of drug-likeness (QED) is 0.566. The summed E-state index contributed by atoms with van der Waals surface area (Å²) < 4.78 is 0. The fraction of sp³-hybridized carbons (Fsp3) is 1.00. The number of nitrogens with one attached hydrogen (secondary N) is 1. The molecule has 0 aromatic carbocycles. The van der Waals surface area contributed by atoms with E-state index >= 15 is 0 Å². The molecule has 0 aliphatic heterocycles. The Morgan fingerprint density at radius 2 is 1.89 bits per heavy atom. The molecule has 0 saturated heterocycles. The van der Waals surface area contributed by atoms with Crippen molar-refractivity contribution in [2.24, 2.45) is 5.92 Å². The molecule has 1 aliphatic carbocycles. The number of hydrogen-bond acceptors (Lipinski definition) is 1. The van der Waals surface area contributed by atoms with Crippen LogP contribution in [0.2, 0.25) is 0 Å². The average molecular weight is 127 g/mol. The van der Waals surface area contributed by atoms with Crippen molar-refractivity contribution in [1.82, 2.24) is 5.32 Å². The van der Waals surface area contributed by atoms with Crippen LogP contribution in [0.15, 0.2) is 0 Å². The van der Waals surface area contributed by atoms with Gasteiger partial charge in [-0.1, -0.05) is 19.8 Å². The zero-order valence-corrected chi connectivity index (χ0v) is 6.48. The lowest BCUT2D eigenvalue weighted by Gasteiger charge is -2.27. The molecule has 1 fully saturated rings. The topological polar surface area (TPSA) is 12.0 Å². The first-order valence-corrected chi connectivity index (χ1v) is 4.02. The van der Waals surface area contributed by atoms with Crippen molar-refractivity contribution in [1.29, 1.82) is 0 Å². The summed E-state index contributed by atoms with van der Waals surface area (Å²) in [5, 5.41) is 3.35. The summed E-state index contributed by atoms with van der Waals surface area (Å²) >= 11 is 0. The fourth-order valence-corrected chi connectivity index (χ4v) is 1.75. The Labute approximate surface area is 57.8 Å². The van der Waals surface area contributed by atoms with Crippen LogP contribution in [0.1, 0.15) is 32.6 Å². The van der Waals surface area contributed by atoms with Gasteiger partial charge >= 0.3 is 0 Å². The van der Waals surface area contributed by atoms with Crippen molar-refractivity contribution in [2.45, 2.75) is 38.6 Å². The Bertz CT molecular complexity index is 80.6. The summed E-state index contributed by atoms with van der Waals surface area (Å²) in [6.07, 6.45) is 5.68. The second-order valence-corrected chi connectivity index (χ2v) is 3.16. The zero-order chi connectivity index (χ0) is 6.69. The van der Waals surface area contributed by atoms with Crippen LogP contribution in [-0.2, 0) is 0 Å². The van der Waals surface area contributed by atoms with Crippen molar-refractivity contribution in [3.63, 3.8) is 0 Å². The second kappa shape index (κ2) is 3.21. The van der Waals surface area contributed by atoms with Gasteiger partial charge < -0.3 is 5.32 Å². The highest BCUT2D eigenvalue weighted by atomic mass is 14.9. The smallest absolute Gasteiger partial charge is 0.00896 e. The van der Waals surface area contributed by atoms with Crippen LogP contribution in [0.25, 0.3) is 0 Å². The van der Waals surface area contributed by atoms with Crippen molar-refractivity contribution in [3.05, 3.63) is 0 Å². The minimum atomic E-state index is 0.804. The van der Waals surface area contributed by atoms with E-state index in [0.29, 0.717) is 0 Å². The van der Waals surface area contributed by atoms with Crippen LogP contribution < -0.4 is 5.32 Å². The van der Waals surface area contributed by atoms with Crippen molar-refractivity contribution in [3.8, 4) is 0 Å². The highest BCUT2D eigenvalue weighted by Gasteiger charge is 2.18. The predicted octanol–water partition coefficient (Wildman–Crippen LogP) is 1.78. The maximum absolute atomic E-state index is 3.35. The molecule has 2 atom stereocenters. The van der Waals surface area contributed by atoms with Crippen molar-refractivity contribution >= 4 is 0 Å². The van der Waals surface area contributed by atoms with Gasteiger partial charge in [0, 0.05) is 6.04 Å². The van der Waals surface area contributed by atoms with Crippen LogP contribution in [0, 0.1) is 5.92 Å². The Morgan fingerprint density at radius 3 is 2.33 bits per heavy atom. The summed E-state index contributed by atoms with van der Waals surface area (Å²) in [6.45, 7) is 2.35. The summed E-state index contributed by atoms with van der Waals surface area (Å²) in [5.74, 6) is 0.906. The van der Waals surface area contributed by atoms with Crippen LogP contribution >= 0.6 is 0 Å². The van der Waals surface area contributed by atoms with Crippen LogP contribution in [0.3, 0.4) is 0 Å². The maximum Gasteiger partial charge on any atom is 0.00896 e. The van der Waals surface area contributed by atoms with E-state index in [1.807, 2.05) is 0 Å². The van der Waals surface area contributed by atoms with Crippen molar-refractivity contribution < 1.29 is 0 Å². The number of hydrogen-bond donors (Lipinski definition) is 1. The lowest BCUT2D eigenvalue weighted by Crippen LogP contribution is -2.34. The molecular weight excluding hydrogens is 110 g/mol. The lowest BCUT2D eigenvalue weighted by molar-refractivity contribution is 0.294. The molecule has 1 nitrogen and oxygen atoms in total. The Kier molecular flexibility index (Phi) is 2.52. The standard InChI is InChI=1S/C8H17N/c1-7-5-3-4-6-8(7)9-2/h7-9H,3-6H2,1-2H3/t7-,8-/m0/s1. The van der Waals surface area contributed by atoms with E-state index in [9.17, 15) is 0 Å². The third-order valence-electron chi connectivity index (χ3n) is 2.48. The Morgan fingerprint density at radius 1 is 1.22 bits per heavy atom. The molecule has 1 saturated carbocycles. The van der Waals surface area contributed by atoms with E-state index in [4.69, 9.17) is 0 Å². The molecular formula is C8H17N. The fourth-order valence-electron chi connectivity index (χ4n) is 1.75. The third kappa shape index (κ3) is 1.68. The molecule has 0 amide bonds. The van der Waals surface area contributed by atoms with E-state index in [1.54, 1.807) is 0 Å². The Hall–Kier alpha value is -0.0400. The van der Waals surface area contributed by atoms with Crippen LogP contribution in [0.5, 0.6) is 0 Å². The molecule has 54 valence electrons. The normalized spacial score (nSPS) is 36.7. The molecule has 1 rings (SSSR count). The molecule has 0 bridgehead atoms. The molecule has 0 spiro atoms. The largest absolute Gasteiger partial charge is 0.317 e. The maximum atomic E-state index is 3.35. The van der Waals surface area contributed by atoms with Gasteiger partial charge in [0.15, 0.2) is 0 Å². The van der Waals surface area contributed by atoms with E-state index < -0.39 is 0 Å². The first kappa shape index (κ1) is 7.07. The van der Waals surface area contributed by atoms with Crippen LogP contribution in [0.4, 0.5) is 0 Å².